The van der Waals surface area contributed by atoms with Crippen LogP contribution in [0, 0.1) is 13.8 Å². The fourth-order valence-electron chi connectivity index (χ4n) is 1.52. The number of hydrogen-bond acceptors (Lipinski definition) is 4. The van der Waals surface area contributed by atoms with E-state index in [1.165, 1.54) is 11.8 Å². The summed E-state index contributed by atoms with van der Waals surface area (Å²) < 4.78 is 0. The van der Waals surface area contributed by atoms with Crippen LogP contribution >= 0.6 is 11.8 Å². The molecule has 4 nitrogen and oxygen atoms in total. The Kier molecular flexibility index (Phi) is 3.62. The molecule has 0 aliphatic carbocycles. The number of aryl methyl sites for hydroxylation is 2. The molecular weight excluding hydrogens is 248 g/mol. The highest BCUT2D eigenvalue weighted by Crippen LogP contribution is 2.26. The Bertz CT molecular complexity index is 599. The van der Waals surface area contributed by atoms with Crippen molar-refractivity contribution < 1.29 is 9.90 Å². The van der Waals surface area contributed by atoms with Crippen molar-refractivity contribution in [2.24, 2.45) is 0 Å². The fourth-order valence-corrected chi connectivity index (χ4v) is 2.41. The van der Waals surface area contributed by atoms with E-state index in [-0.39, 0.29) is 0 Å². The van der Waals surface area contributed by atoms with E-state index in [0.29, 0.717) is 10.7 Å². The minimum absolute atomic E-state index is 0.324. The molecule has 0 bridgehead atoms. The van der Waals surface area contributed by atoms with Gasteiger partial charge >= 0.3 is 5.97 Å². The lowest BCUT2D eigenvalue weighted by atomic mass is 10.1. The van der Waals surface area contributed by atoms with Crippen molar-refractivity contribution in [2.45, 2.75) is 23.9 Å². The van der Waals surface area contributed by atoms with Crippen LogP contribution in [0.3, 0.4) is 0 Å². The van der Waals surface area contributed by atoms with Crippen LogP contribution in [-0.4, -0.2) is 21.0 Å². The minimum atomic E-state index is -0.907. The maximum Gasteiger partial charge on any atom is 0.335 e. The molecule has 0 saturated heterocycles. The average Bonchev–Trinajstić information content (AvgIpc) is 2.28. The molecule has 0 radical (unpaired) electrons. The normalized spacial score (nSPS) is 10.3. The lowest BCUT2D eigenvalue weighted by Gasteiger charge is -2.04. The van der Waals surface area contributed by atoms with E-state index in [4.69, 9.17) is 5.11 Å². The highest BCUT2D eigenvalue weighted by atomic mass is 32.2. The molecule has 92 valence electrons. The largest absolute Gasteiger partial charge is 0.478 e. The van der Waals surface area contributed by atoms with Gasteiger partial charge in [0, 0.05) is 16.8 Å². The zero-order chi connectivity index (χ0) is 13.1. The van der Waals surface area contributed by atoms with Gasteiger partial charge in [0.05, 0.1) is 5.56 Å². The van der Waals surface area contributed by atoms with Crippen LogP contribution < -0.4 is 0 Å². The molecule has 0 amide bonds. The molecule has 1 N–H and O–H groups in total. The molecule has 0 spiro atoms. The molecule has 0 fully saturated rings. The van der Waals surface area contributed by atoms with Crippen LogP contribution in [0.15, 0.2) is 40.5 Å². The van der Waals surface area contributed by atoms with Gasteiger partial charge in [-0.3, -0.25) is 0 Å². The summed E-state index contributed by atoms with van der Waals surface area (Å²) in [7, 11) is 0. The maximum absolute atomic E-state index is 10.9. The van der Waals surface area contributed by atoms with Crippen molar-refractivity contribution in [1.82, 2.24) is 9.97 Å². The van der Waals surface area contributed by atoms with E-state index in [1.807, 2.05) is 19.1 Å². The Balaban J connectivity index is 2.25. The van der Waals surface area contributed by atoms with Gasteiger partial charge < -0.3 is 5.11 Å². The van der Waals surface area contributed by atoms with Gasteiger partial charge in [0.25, 0.3) is 0 Å². The number of rotatable bonds is 3. The first-order valence-electron chi connectivity index (χ1n) is 5.38. The highest BCUT2D eigenvalue weighted by molar-refractivity contribution is 7.99. The molecule has 2 aromatic rings. The van der Waals surface area contributed by atoms with Gasteiger partial charge in [-0.15, -0.1) is 0 Å². The summed E-state index contributed by atoms with van der Waals surface area (Å²) in [6.07, 6.45) is 1.71. The monoisotopic (exact) mass is 260 g/mol. The van der Waals surface area contributed by atoms with Crippen LogP contribution in [0.5, 0.6) is 0 Å². The quantitative estimate of drug-likeness (QED) is 0.860. The number of hydrogen-bond donors (Lipinski definition) is 1. The molecule has 2 rings (SSSR count). The summed E-state index contributed by atoms with van der Waals surface area (Å²) in [6.45, 7) is 3.69. The lowest BCUT2D eigenvalue weighted by molar-refractivity contribution is 0.0696. The summed E-state index contributed by atoms with van der Waals surface area (Å²) in [6, 6.07) is 7.05. The Hall–Kier alpha value is -1.88. The Morgan fingerprint density at radius 3 is 2.67 bits per heavy atom. The van der Waals surface area contributed by atoms with Crippen molar-refractivity contribution in [1.29, 1.82) is 0 Å². The number of aromatic carboxylic acids is 1. The number of carboxylic acids is 1. The SMILES string of the molecule is Cc1ccnc(Sc2ccc(C(=O)O)c(C)c2)n1. The third kappa shape index (κ3) is 2.87. The summed E-state index contributed by atoms with van der Waals surface area (Å²) in [5.41, 5.74) is 1.97. The third-order valence-electron chi connectivity index (χ3n) is 2.41. The number of carboxylic acid groups (broad SMARTS) is 1. The molecule has 1 aromatic carbocycles. The number of nitrogens with zero attached hydrogens (tertiary/aromatic N) is 2. The molecule has 0 aliphatic heterocycles. The van der Waals surface area contributed by atoms with Crippen LogP contribution in [0.1, 0.15) is 21.6 Å². The van der Waals surface area contributed by atoms with Crippen molar-refractivity contribution in [3.05, 3.63) is 47.3 Å². The fraction of sp³-hybridized carbons (Fsp3) is 0.154. The van der Waals surface area contributed by atoms with Crippen LogP contribution in [0.25, 0.3) is 0 Å². The van der Waals surface area contributed by atoms with E-state index in [9.17, 15) is 4.79 Å². The Labute approximate surface area is 109 Å². The van der Waals surface area contributed by atoms with Crippen molar-refractivity contribution in [2.75, 3.05) is 0 Å². The van der Waals surface area contributed by atoms with E-state index < -0.39 is 5.97 Å². The molecule has 0 aliphatic rings. The summed E-state index contributed by atoms with van der Waals surface area (Å²) in [4.78, 5) is 20.3. The van der Waals surface area contributed by atoms with Gasteiger partial charge in [0.15, 0.2) is 5.16 Å². The number of benzene rings is 1. The molecule has 18 heavy (non-hydrogen) atoms. The number of carbonyl (C=O) groups is 1. The van der Waals surface area contributed by atoms with Crippen LogP contribution in [0.2, 0.25) is 0 Å². The van der Waals surface area contributed by atoms with E-state index in [2.05, 4.69) is 9.97 Å². The first-order valence-corrected chi connectivity index (χ1v) is 6.19. The van der Waals surface area contributed by atoms with Crippen LogP contribution in [0.4, 0.5) is 0 Å². The smallest absolute Gasteiger partial charge is 0.335 e. The lowest BCUT2D eigenvalue weighted by Crippen LogP contribution is -1.99. The first-order chi connectivity index (χ1) is 8.56. The van der Waals surface area contributed by atoms with Gasteiger partial charge in [-0.2, -0.15) is 0 Å². The second kappa shape index (κ2) is 5.18. The Morgan fingerprint density at radius 2 is 2.06 bits per heavy atom. The van der Waals surface area contributed by atoms with Crippen LogP contribution in [-0.2, 0) is 0 Å². The van der Waals surface area contributed by atoms with Crippen molar-refractivity contribution >= 4 is 17.7 Å². The topological polar surface area (TPSA) is 63.1 Å². The Morgan fingerprint density at radius 1 is 1.28 bits per heavy atom. The number of aromatic nitrogens is 2. The van der Waals surface area contributed by atoms with E-state index in [0.717, 1.165) is 16.2 Å². The molecule has 1 heterocycles. The third-order valence-corrected chi connectivity index (χ3v) is 3.28. The van der Waals surface area contributed by atoms with Gasteiger partial charge in [0.1, 0.15) is 0 Å². The molecule has 1 aromatic heterocycles. The molecule has 0 saturated carbocycles. The highest BCUT2D eigenvalue weighted by Gasteiger charge is 2.08. The molecular formula is C13H12N2O2S. The van der Waals surface area contributed by atoms with Gasteiger partial charge in [0.2, 0.25) is 0 Å². The maximum atomic E-state index is 10.9. The van der Waals surface area contributed by atoms with E-state index >= 15 is 0 Å². The predicted octanol–water partition coefficient (Wildman–Crippen LogP) is 2.94. The van der Waals surface area contributed by atoms with Crippen molar-refractivity contribution in [3.63, 3.8) is 0 Å². The second-order valence-corrected chi connectivity index (χ2v) is 4.91. The summed E-state index contributed by atoms with van der Waals surface area (Å²) in [5, 5.41) is 9.62. The predicted molar refractivity (Wildman–Crippen MR) is 69.0 cm³/mol. The standard InChI is InChI=1S/C13H12N2O2S/c1-8-7-10(3-4-11(8)12(16)17)18-13-14-6-5-9(2)15-13/h3-7H,1-2H3,(H,16,17). The van der Waals surface area contributed by atoms with Gasteiger partial charge in [-0.1, -0.05) is 0 Å². The molecule has 5 heteroatoms. The van der Waals surface area contributed by atoms with Gasteiger partial charge in [-0.25, -0.2) is 14.8 Å². The van der Waals surface area contributed by atoms with Crippen molar-refractivity contribution in [3.8, 4) is 0 Å². The molecule has 0 unspecified atom stereocenters. The summed E-state index contributed by atoms with van der Waals surface area (Å²) >= 11 is 1.42. The van der Waals surface area contributed by atoms with E-state index in [1.54, 1.807) is 25.3 Å². The zero-order valence-electron chi connectivity index (χ0n) is 10.0. The summed E-state index contributed by atoms with van der Waals surface area (Å²) in [5.74, 6) is -0.907. The average molecular weight is 260 g/mol. The second-order valence-electron chi connectivity index (χ2n) is 3.86. The molecule has 0 atom stereocenters. The zero-order valence-corrected chi connectivity index (χ0v) is 10.9. The minimum Gasteiger partial charge on any atom is -0.478 e. The van der Waals surface area contributed by atoms with Gasteiger partial charge in [-0.05, 0) is 55.4 Å². The first kappa shape index (κ1) is 12.6.